The quantitative estimate of drug-likeness (QED) is 0.679. The van der Waals surface area contributed by atoms with Gasteiger partial charge < -0.3 is 5.73 Å². The first-order valence-corrected chi connectivity index (χ1v) is 6.84. The highest BCUT2D eigenvalue weighted by molar-refractivity contribution is 7.98. The van der Waals surface area contributed by atoms with E-state index in [2.05, 4.69) is 41.2 Å². The first-order chi connectivity index (χ1) is 8.56. The van der Waals surface area contributed by atoms with Crippen molar-refractivity contribution in [2.75, 3.05) is 5.73 Å². The van der Waals surface area contributed by atoms with Gasteiger partial charge in [0.15, 0.2) is 0 Å². The first kappa shape index (κ1) is 12.9. The van der Waals surface area contributed by atoms with Gasteiger partial charge in [-0.15, -0.1) is 11.8 Å². The molecule has 2 rings (SSSR count). The van der Waals surface area contributed by atoms with Crippen LogP contribution in [0, 0.1) is 20.8 Å². The molecule has 2 aromatic rings. The van der Waals surface area contributed by atoms with E-state index in [0.29, 0.717) is 5.82 Å². The number of nitrogen functional groups attached to an aromatic ring is 1. The Hall–Kier alpha value is -1.55. The average molecular weight is 259 g/mol. The Morgan fingerprint density at radius 1 is 1.17 bits per heavy atom. The number of anilines is 1. The molecule has 0 unspecified atom stereocenters. The van der Waals surface area contributed by atoms with E-state index in [1.54, 1.807) is 11.8 Å². The van der Waals surface area contributed by atoms with Gasteiger partial charge >= 0.3 is 0 Å². The van der Waals surface area contributed by atoms with Crippen LogP contribution in [-0.4, -0.2) is 9.97 Å². The summed E-state index contributed by atoms with van der Waals surface area (Å²) in [5.41, 5.74) is 9.40. The van der Waals surface area contributed by atoms with Gasteiger partial charge in [-0.05, 0) is 26.3 Å². The van der Waals surface area contributed by atoms with E-state index in [0.717, 1.165) is 22.2 Å². The average Bonchev–Trinajstić information content (AvgIpc) is 2.32. The largest absolute Gasteiger partial charge is 0.383 e. The fourth-order valence-corrected chi connectivity index (χ4v) is 2.72. The predicted molar refractivity (Wildman–Crippen MR) is 76.7 cm³/mol. The van der Waals surface area contributed by atoms with Crippen molar-refractivity contribution >= 4 is 17.6 Å². The molecular weight excluding hydrogens is 242 g/mol. The summed E-state index contributed by atoms with van der Waals surface area (Å²) in [6, 6.07) is 8.51. The Kier molecular flexibility index (Phi) is 3.87. The van der Waals surface area contributed by atoms with Gasteiger partial charge in [0.2, 0.25) is 0 Å². The van der Waals surface area contributed by atoms with Crippen molar-refractivity contribution in [1.82, 2.24) is 9.97 Å². The second-order valence-corrected chi connectivity index (χ2v) is 5.33. The summed E-state index contributed by atoms with van der Waals surface area (Å²) in [7, 11) is 0. The maximum atomic E-state index is 5.85. The van der Waals surface area contributed by atoms with Crippen molar-refractivity contribution < 1.29 is 0 Å². The monoisotopic (exact) mass is 259 g/mol. The van der Waals surface area contributed by atoms with Crippen LogP contribution in [0.15, 0.2) is 29.3 Å². The van der Waals surface area contributed by atoms with E-state index in [4.69, 9.17) is 5.73 Å². The summed E-state index contributed by atoms with van der Waals surface area (Å²) in [6.07, 6.45) is 0. The molecule has 1 aromatic heterocycles. The third kappa shape index (κ3) is 3.01. The van der Waals surface area contributed by atoms with Gasteiger partial charge in [0.1, 0.15) is 16.7 Å². The van der Waals surface area contributed by atoms with Gasteiger partial charge in [-0.25, -0.2) is 9.97 Å². The van der Waals surface area contributed by atoms with Gasteiger partial charge in [0.05, 0.1) is 0 Å². The van der Waals surface area contributed by atoms with Crippen molar-refractivity contribution in [3.8, 4) is 0 Å². The summed E-state index contributed by atoms with van der Waals surface area (Å²) in [6.45, 7) is 5.94. The highest BCUT2D eigenvalue weighted by atomic mass is 32.2. The molecule has 0 bridgehead atoms. The van der Waals surface area contributed by atoms with Crippen molar-refractivity contribution in [2.45, 2.75) is 31.6 Å². The molecule has 2 N–H and O–H groups in total. The zero-order chi connectivity index (χ0) is 13.1. The van der Waals surface area contributed by atoms with Crippen LogP contribution in [0.3, 0.4) is 0 Å². The van der Waals surface area contributed by atoms with Crippen LogP contribution < -0.4 is 5.73 Å². The van der Waals surface area contributed by atoms with E-state index >= 15 is 0 Å². The van der Waals surface area contributed by atoms with E-state index in [9.17, 15) is 0 Å². The number of aromatic nitrogens is 2. The molecule has 0 saturated heterocycles. The van der Waals surface area contributed by atoms with Crippen LogP contribution in [0.1, 0.15) is 22.5 Å². The molecule has 0 radical (unpaired) electrons. The lowest BCUT2D eigenvalue weighted by Crippen LogP contribution is -2.01. The second-order valence-electron chi connectivity index (χ2n) is 4.36. The molecule has 1 aromatic carbocycles. The molecule has 0 aliphatic carbocycles. The SMILES string of the molecule is Cc1cccc(CSc2nc(C)nc(N)c2C)c1. The van der Waals surface area contributed by atoms with Crippen LogP contribution in [0.25, 0.3) is 0 Å². The van der Waals surface area contributed by atoms with Crippen LogP contribution in [0.5, 0.6) is 0 Å². The van der Waals surface area contributed by atoms with Gasteiger partial charge in [-0.3, -0.25) is 0 Å². The topological polar surface area (TPSA) is 51.8 Å². The number of benzene rings is 1. The van der Waals surface area contributed by atoms with E-state index < -0.39 is 0 Å². The number of nitrogens with two attached hydrogens (primary N) is 1. The summed E-state index contributed by atoms with van der Waals surface area (Å²) in [5.74, 6) is 2.21. The minimum Gasteiger partial charge on any atom is -0.383 e. The van der Waals surface area contributed by atoms with Gasteiger partial charge in [-0.1, -0.05) is 29.8 Å². The summed E-state index contributed by atoms with van der Waals surface area (Å²) in [4.78, 5) is 8.60. The summed E-state index contributed by atoms with van der Waals surface area (Å²) >= 11 is 1.71. The molecule has 0 fully saturated rings. The predicted octanol–water partition coefficient (Wildman–Crippen LogP) is 3.28. The molecule has 94 valence electrons. The molecule has 0 spiro atoms. The lowest BCUT2D eigenvalue weighted by molar-refractivity contribution is 0.946. The van der Waals surface area contributed by atoms with Crippen LogP contribution in [0.2, 0.25) is 0 Å². The van der Waals surface area contributed by atoms with Crippen LogP contribution in [0.4, 0.5) is 5.82 Å². The standard InChI is InChI=1S/C14H17N3S/c1-9-5-4-6-12(7-9)8-18-14-10(2)13(15)16-11(3)17-14/h4-7H,8H2,1-3H3,(H2,15,16,17). The Bertz CT molecular complexity index is 567. The first-order valence-electron chi connectivity index (χ1n) is 5.85. The molecule has 4 heteroatoms. The lowest BCUT2D eigenvalue weighted by Gasteiger charge is -2.08. The normalized spacial score (nSPS) is 10.6. The van der Waals surface area contributed by atoms with Crippen LogP contribution in [-0.2, 0) is 5.75 Å². The second kappa shape index (κ2) is 5.40. The zero-order valence-electron chi connectivity index (χ0n) is 10.9. The smallest absolute Gasteiger partial charge is 0.131 e. The number of hydrogen-bond donors (Lipinski definition) is 1. The van der Waals surface area contributed by atoms with Gasteiger partial charge in [0, 0.05) is 11.3 Å². The highest BCUT2D eigenvalue weighted by Crippen LogP contribution is 2.26. The molecule has 3 nitrogen and oxygen atoms in total. The van der Waals surface area contributed by atoms with Crippen LogP contribution >= 0.6 is 11.8 Å². The lowest BCUT2D eigenvalue weighted by atomic mass is 10.2. The number of aryl methyl sites for hydroxylation is 2. The molecule has 0 aliphatic rings. The maximum Gasteiger partial charge on any atom is 0.131 e. The molecule has 0 saturated carbocycles. The summed E-state index contributed by atoms with van der Waals surface area (Å²) < 4.78 is 0. The minimum atomic E-state index is 0.578. The molecule has 1 heterocycles. The number of thioether (sulfide) groups is 1. The molecule has 0 aliphatic heterocycles. The minimum absolute atomic E-state index is 0.578. The molecule has 0 atom stereocenters. The zero-order valence-corrected chi connectivity index (χ0v) is 11.7. The Morgan fingerprint density at radius 3 is 2.67 bits per heavy atom. The Labute approximate surface area is 112 Å². The van der Waals surface area contributed by atoms with E-state index in [1.165, 1.54) is 11.1 Å². The van der Waals surface area contributed by atoms with Crippen molar-refractivity contribution in [2.24, 2.45) is 0 Å². The summed E-state index contributed by atoms with van der Waals surface area (Å²) in [5, 5.41) is 0.974. The number of rotatable bonds is 3. The fraction of sp³-hybridized carbons (Fsp3) is 0.286. The fourth-order valence-electron chi connectivity index (χ4n) is 1.72. The highest BCUT2D eigenvalue weighted by Gasteiger charge is 2.07. The third-order valence-corrected chi connectivity index (χ3v) is 3.86. The third-order valence-electron chi connectivity index (χ3n) is 2.71. The maximum absolute atomic E-state index is 5.85. The Balaban J connectivity index is 2.15. The molecular formula is C14H17N3S. The Morgan fingerprint density at radius 2 is 1.94 bits per heavy atom. The molecule has 0 amide bonds. The molecule has 18 heavy (non-hydrogen) atoms. The van der Waals surface area contributed by atoms with Crippen molar-refractivity contribution in [1.29, 1.82) is 0 Å². The number of hydrogen-bond acceptors (Lipinski definition) is 4. The van der Waals surface area contributed by atoms with Gasteiger partial charge in [0.25, 0.3) is 0 Å². The number of nitrogens with zero attached hydrogens (tertiary/aromatic N) is 2. The van der Waals surface area contributed by atoms with E-state index in [1.807, 2.05) is 13.8 Å². The van der Waals surface area contributed by atoms with Crippen molar-refractivity contribution in [3.05, 3.63) is 46.8 Å². The van der Waals surface area contributed by atoms with E-state index in [-0.39, 0.29) is 0 Å². The van der Waals surface area contributed by atoms with Gasteiger partial charge in [-0.2, -0.15) is 0 Å². The van der Waals surface area contributed by atoms with Crippen molar-refractivity contribution in [3.63, 3.8) is 0 Å².